The second-order valence-corrected chi connectivity index (χ2v) is 2.87. The van der Waals surface area contributed by atoms with Crippen molar-refractivity contribution in [3.8, 4) is 0 Å². The fraction of sp³-hybridized carbons (Fsp3) is 0.333. The molecule has 1 aliphatic rings. The minimum atomic E-state index is 0.671. The fourth-order valence-corrected chi connectivity index (χ4v) is 1.38. The largest absolute Gasteiger partial charge is 0.375 e. The Morgan fingerprint density at radius 2 is 2.17 bits per heavy atom. The third-order valence-corrected chi connectivity index (χ3v) is 2.04. The monoisotopic (exact) mass is 164 g/mol. The SMILES string of the molecule is NN1CCOCc2ccccc21. The lowest BCUT2D eigenvalue weighted by Crippen LogP contribution is -2.33. The zero-order chi connectivity index (χ0) is 8.39. The maximum absolute atomic E-state index is 5.80. The molecule has 0 amide bonds. The molecule has 2 N–H and O–H groups in total. The number of ether oxygens (including phenoxy) is 1. The molecule has 0 aliphatic carbocycles. The predicted molar refractivity (Wildman–Crippen MR) is 47.6 cm³/mol. The molecule has 1 aromatic rings. The molecule has 0 aromatic heterocycles. The Balaban J connectivity index is 2.39. The zero-order valence-corrected chi connectivity index (χ0v) is 6.86. The number of benzene rings is 1. The van der Waals surface area contributed by atoms with Crippen molar-refractivity contribution >= 4 is 5.69 Å². The summed E-state index contributed by atoms with van der Waals surface area (Å²) >= 11 is 0. The van der Waals surface area contributed by atoms with Gasteiger partial charge in [-0.1, -0.05) is 18.2 Å². The number of hydrogen-bond acceptors (Lipinski definition) is 3. The first kappa shape index (κ1) is 7.58. The molecule has 0 saturated heterocycles. The summed E-state index contributed by atoms with van der Waals surface area (Å²) in [5, 5.41) is 1.74. The molecule has 3 nitrogen and oxygen atoms in total. The lowest BCUT2D eigenvalue weighted by atomic mass is 10.2. The summed E-state index contributed by atoms with van der Waals surface area (Å²) in [4.78, 5) is 0. The van der Waals surface area contributed by atoms with Crippen LogP contribution in [0.5, 0.6) is 0 Å². The van der Waals surface area contributed by atoms with Crippen molar-refractivity contribution in [3.63, 3.8) is 0 Å². The highest BCUT2D eigenvalue weighted by molar-refractivity contribution is 5.52. The Kier molecular flexibility index (Phi) is 1.98. The van der Waals surface area contributed by atoms with E-state index in [1.54, 1.807) is 5.01 Å². The van der Waals surface area contributed by atoms with E-state index >= 15 is 0 Å². The Hall–Kier alpha value is -1.06. The van der Waals surface area contributed by atoms with E-state index in [4.69, 9.17) is 10.6 Å². The van der Waals surface area contributed by atoms with Crippen LogP contribution in [0.15, 0.2) is 24.3 Å². The van der Waals surface area contributed by atoms with Crippen molar-refractivity contribution < 1.29 is 4.74 Å². The van der Waals surface area contributed by atoms with E-state index in [0.29, 0.717) is 13.2 Å². The fourth-order valence-electron chi connectivity index (χ4n) is 1.38. The highest BCUT2D eigenvalue weighted by Gasteiger charge is 2.10. The number of fused-ring (bicyclic) bond motifs is 1. The molecule has 0 bridgehead atoms. The van der Waals surface area contributed by atoms with Gasteiger partial charge >= 0.3 is 0 Å². The molecule has 1 aliphatic heterocycles. The Labute approximate surface area is 71.7 Å². The molecule has 0 radical (unpaired) electrons. The number of nitrogens with zero attached hydrogens (tertiary/aromatic N) is 1. The average Bonchev–Trinajstić information content (AvgIpc) is 2.29. The molecule has 0 fully saturated rings. The van der Waals surface area contributed by atoms with Crippen LogP contribution in [0.3, 0.4) is 0 Å². The molecular formula is C9H12N2O. The van der Waals surface area contributed by atoms with Crippen LogP contribution in [-0.2, 0) is 11.3 Å². The van der Waals surface area contributed by atoms with Crippen molar-refractivity contribution in [2.45, 2.75) is 6.61 Å². The summed E-state index contributed by atoms with van der Waals surface area (Å²) < 4.78 is 5.37. The van der Waals surface area contributed by atoms with Crippen LogP contribution in [0.25, 0.3) is 0 Å². The number of hydrazine groups is 1. The van der Waals surface area contributed by atoms with Gasteiger partial charge in [-0.25, -0.2) is 5.84 Å². The van der Waals surface area contributed by atoms with Crippen LogP contribution in [0.2, 0.25) is 0 Å². The Morgan fingerprint density at radius 3 is 3.08 bits per heavy atom. The predicted octanol–water partition coefficient (Wildman–Crippen LogP) is 0.897. The first-order valence-corrected chi connectivity index (χ1v) is 4.06. The molecule has 0 unspecified atom stereocenters. The second-order valence-electron chi connectivity index (χ2n) is 2.87. The third-order valence-electron chi connectivity index (χ3n) is 2.04. The maximum atomic E-state index is 5.80. The van der Waals surface area contributed by atoms with Gasteiger partial charge in [-0.15, -0.1) is 0 Å². The van der Waals surface area contributed by atoms with E-state index in [2.05, 4.69) is 0 Å². The van der Waals surface area contributed by atoms with Crippen molar-refractivity contribution in [1.29, 1.82) is 0 Å². The van der Waals surface area contributed by atoms with E-state index < -0.39 is 0 Å². The maximum Gasteiger partial charge on any atom is 0.0738 e. The Bertz CT molecular complexity index is 275. The molecule has 0 saturated carbocycles. The van der Waals surface area contributed by atoms with E-state index in [9.17, 15) is 0 Å². The van der Waals surface area contributed by atoms with Gasteiger partial charge in [0.2, 0.25) is 0 Å². The van der Waals surface area contributed by atoms with Crippen LogP contribution in [0.1, 0.15) is 5.56 Å². The number of hydrogen-bond donors (Lipinski definition) is 1. The van der Waals surface area contributed by atoms with E-state index in [0.717, 1.165) is 17.8 Å². The topological polar surface area (TPSA) is 38.5 Å². The van der Waals surface area contributed by atoms with Crippen molar-refractivity contribution in [2.75, 3.05) is 18.2 Å². The van der Waals surface area contributed by atoms with Crippen molar-refractivity contribution in [3.05, 3.63) is 29.8 Å². The van der Waals surface area contributed by atoms with Crippen molar-refractivity contribution in [2.24, 2.45) is 5.84 Å². The van der Waals surface area contributed by atoms with Crippen LogP contribution < -0.4 is 10.9 Å². The van der Waals surface area contributed by atoms with Crippen molar-refractivity contribution in [1.82, 2.24) is 0 Å². The summed E-state index contributed by atoms with van der Waals surface area (Å²) in [5.74, 6) is 5.80. The zero-order valence-electron chi connectivity index (χ0n) is 6.86. The molecule has 1 heterocycles. The molecule has 64 valence electrons. The number of anilines is 1. The molecule has 12 heavy (non-hydrogen) atoms. The lowest BCUT2D eigenvalue weighted by molar-refractivity contribution is 0.132. The van der Waals surface area contributed by atoms with E-state index in [1.807, 2.05) is 24.3 Å². The average molecular weight is 164 g/mol. The first-order chi connectivity index (χ1) is 5.88. The highest BCUT2D eigenvalue weighted by Crippen LogP contribution is 2.20. The molecule has 0 spiro atoms. The van der Waals surface area contributed by atoms with Crippen LogP contribution in [0, 0.1) is 0 Å². The summed E-state index contributed by atoms with van der Waals surface area (Å²) in [6.45, 7) is 2.13. The molecule has 3 heteroatoms. The van der Waals surface area contributed by atoms with E-state index in [-0.39, 0.29) is 0 Å². The Morgan fingerprint density at radius 1 is 1.33 bits per heavy atom. The van der Waals surface area contributed by atoms with Gasteiger partial charge in [-0.3, -0.25) is 0 Å². The van der Waals surface area contributed by atoms with Crippen LogP contribution >= 0.6 is 0 Å². The second kappa shape index (κ2) is 3.13. The van der Waals surface area contributed by atoms with Gasteiger partial charge in [-0.05, 0) is 6.07 Å². The highest BCUT2D eigenvalue weighted by atomic mass is 16.5. The lowest BCUT2D eigenvalue weighted by Gasteiger charge is -2.16. The molecule has 1 aromatic carbocycles. The molecule has 2 rings (SSSR count). The van der Waals surface area contributed by atoms with Gasteiger partial charge in [0, 0.05) is 5.56 Å². The number of nitrogens with two attached hydrogens (primary N) is 1. The normalized spacial score (nSPS) is 16.9. The van der Waals surface area contributed by atoms with Gasteiger partial charge in [0.1, 0.15) is 0 Å². The minimum absolute atomic E-state index is 0.671. The summed E-state index contributed by atoms with van der Waals surface area (Å²) in [6.07, 6.45) is 0. The van der Waals surface area contributed by atoms with Crippen LogP contribution in [0.4, 0.5) is 5.69 Å². The van der Waals surface area contributed by atoms with Crippen LogP contribution in [-0.4, -0.2) is 13.2 Å². The van der Waals surface area contributed by atoms with Gasteiger partial charge in [0.15, 0.2) is 0 Å². The third kappa shape index (κ3) is 1.29. The standard InChI is InChI=1S/C9H12N2O/c10-11-5-6-12-7-8-3-1-2-4-9(8)11/h1-4H,5-7,10H2. The summed E-state index contributed by atoms with van der Waals surface area (Å²) in [7, 11) is 0. The molecule has 0 atom stereocenters. The van der Waals surface area contributed by atoms with E-state index in [1.165, 1.54) is 0 Å². The van der Waals surface area contributed by atoms with Gasteiger partial charge in [0.25, 0.3) is 0 Å². The first-order valence-electron chi connectivity index (χ1n) is 4.06. The number of para-hydroxylation sites is 1. The summed E-state index contributed by atoms with van der Waals surface area (Å²) in [5.41, 5.74) is 2.24. The van der Waals surface area contributed by atoms with Gasteiger partial charge in [0.05, 0.1) is 25.4 Å². The minimum Gasteiger partial charge on any atom is -0.375 e. The van der Waals surface area contributed by atoms with Gasteiger partial charge < -0.3 is 9.75 Å². The smallest absolute Gasteiger partial charge is 0.0738 e. The molecular weight excluding hydrogens is 152 g/mol. The van der Waals surface area contributed by atoms with Gasteiger partial charge in [-0.2, -0.15) is 0 Å². The summed E-state index contributed by atoms with van der Waals surface area (Å²) in [6, 6.07) is 8.05. The number of rotatable bonds is 0. The quantitative estimate of drug-likeness (QED) is 0.579.